The van der Waals surface area contributed by atoms with E-state index < -0.39 is 12.1 Å². The van der Waals surface area contributed by atoms with Crippen LogP contribution in [0.5, 0.6) is 11.5 Å². The van der Waals surface area contributed by atoms with E-state index in [0.29, 0.717) is 48.1 Å². The Morgan fingerprint density at radius 3 is 2.49 bits per heavy atom. The van der Waals surface area contributed by atoms with Crippen LogP contribution in [0.4, 0.5) is 16.2 Å². The number of fused-ring (bicyclic) bond motifs is 1. The standard InChI is InChI=1S/C36H49N5O6/c1-25-21-41(26(2)24-42)35(43)32-20-30(39-36(44)38-29-9-12-31(45-5)13-10-29)11-14-33(32)47-27(3)8-6-7-19-46-34(25)23-40(4)22-28-15-17-37-18-16-28/h9-18,20,25-27,34,42H,6-8,19,21-24H2,1-5H3,(H2,38,39,44)/t25-,26-,27+,34+/m0/s1. The van der Waals surface area contributed by atoms with Crippen LogP contribution in [0.15, 0.2) is 67.0 Å². The number of ether oxygens (including phenoxy) is 3. The zero-order chi connectivity index (χ0) is 33.8. The number of carbonyl (C=O) groups excluding carboxylic acids is 2. The number of methoxy groups -OCH3 is 1. The Balaban J connectivity index is 1.57. The number of likely N-dealkylation sites (N-methyl/N-ethyl adjacent to an activating group) is 1. The minimum Gasteiger partial charge on any atom is -0.497 e. The molecule has 0 spiro atoms. The number of aliphatic hydroxyl groups excluding tert-OH is 1. The molecule has 47 heavy (non-hydrogen) atoms. The fourth-order valence-electron chi connectivity index (χ4n) is 5.60. The summed E-state index contributed by atoms with van der Waals surface area (Å²) in [4.78, 5) is 35.3. The Morgan fingerprint density at radius 1 is 1.09 bits per heavy atom. The molecule has 11 nitrogen and oxygen atoms in total. The minimum atomic E-state index is -0.465. The molecule has 4 atom stereocenters. The summed E-state index contributed by atoms with van der Waals surface area (Å²) in [6.07, 6.45) is 5.89. The van der Waals surface area contributed by atoms with Crippen LogP contribution in [-0.2, 0) is 11.3 Å². The van der Waals surface area contributed by atoms with Crippen LogP contribution in [0.2, 0.25) is 0 Å². The molecule has 0 bridgehead atoms. The Bertz CT molecular complexity index is 1420. The van der Waals surface area contributed by atoms with Crippen molar-refractivity contribution < 1.29 is 28.9 Å². The second-order valence-electron chi connectivity index (χ2n) is 12.4. The number of rotatable bonds is 9. The number of anilines is 2. The average molecular weight is 648 g/mol. The summed E-state index contributed by atoms with van der Waals surface area (Å²) in [6.45, 7) is 8.08. The molecule has 11 heteroatoms. The van der Waals surface area contributed by atoms with E-state index in [4.69, 9.17) is 14.2 Å². The highest BCUT2D eigenvalue weighted by atomic mass is 16.5. The van der Waals surface area contributed by atoms with Gasteiger partial charge in [-0.15, -0.1) is 0 Å². The lowest BCUT2D eigenvalue weighted by Gasteiger charge is -2.36. The van der Waals surface area contributed by atoms with Gasteiger partial charge in [-0.2, -0.15) is 0 Å². The third-order valence-electron chi connectivity index (χ3n) is 8.35. The predicted molar refractivity (Wildman–Crippen MR) is 183 cm³/mol. The quantitative estimate of drug-likeness (QED) is 0.272. The first-order chi connectivity index (χ1) is 22.7. The monoisotopic (exact) mass is 647 g/mol. The molecule has 0 saturated heterocycles. The smallest absolute Gasteiger partial charge is 0.323 e. The van der Waals surface area contributed by atoms with Gasteiger partial charge in [-0.1, -0.05) is 6.92 Å². The van der Waals surface area contributed by atoms with E-state index in [-0.39, 0.29) is 30.6 Å². The second kappa shape index (κ2) is 17.7. The Morgan fingerprint density at radius 2 is 1.79 bits per heavy atom. The van der Waals surface area contributed by atoms with E-state index in [1.807, 2.05) is 26.0 Å². The molecular weight excluding hydrogens is 598 g/mol. The molecular formula is C36H49N5O6. The van der Waals surface area contributed by atoms with Gasteiger partial charge in [0, 0.05) is 55.9 Å². The van der Waals surface area contributed by atoms with E-state index in [2.05, 4.69) is 34.5 Å². The molecule has 0 aliphatic carbocycles. The molecule has 254 valence electrons. The molecule has 0 fully saturated rings. The van der Waals surface area contributed by atoms with Crippen molar-refractivity contribution in [2.45, 2.75) is 64.8 Å². The van der Waals surface area contributed by atoms with Crippen LogP contribution in [0, 0.1) is 5.92 Å². The highest BCUT2D eigenvalue weighted by Crippen LogP contribution is 2.29. The molecule has 0 radical (unpaired) electrons. The number of aromatic nitrogens is 1. The SMILES string of the molecule is COc1ccc(NC(=O)Nc2ccc3c(c2)C(=O)N([C@@H](C)CO)C[C@H](C)[C@@H](CN(C)Cc2ccncc2)OCCCC[C@@H](C)O3)cc1. The van der Waals surface area contributed by atoms with Crippen molar-refractivity contribution in [1.29, 1.82) is 0 Å². The van der Waals surface area contributed by atoms with Gasteiger partial charge in [0.1, 0.15) is 11.5 Å². The van der Waals surface area contributed by atoms with Crippen LogP contribution in [0.25, 0.3) is 0 Å². The van der Waals surface area contributed by atoms with Crippen LogP contribution in [0.3, 0.4) is 0 Å². The maximum Gasteiger partial charge on any atom is 0.323 e. The van der Waals surface area contributed by atoms with Crippen molar-refractivity contribution in [2.75, 3.05) is 51.1 Å². The van der Waals surface area contributed by atoms with Crippen molar-refractivity contribution in [3.05, 3.63) is 78.1 Å². The van der Waals surface area contributed by atoms with Crippen molar-refractivity contribution in [1.82, 2.24) is 14.8 Å². The molecule has 1 aliphatic rings. The Labute approximate surface area is 278 Å². The van der Waals surface area contributed by atoms with Gasteiger partial charge in [0.15, 0.2) is 0 Å². The number of hydrogen-bond acceptors (Lipinski definition) is 8. The summed E-state index contributed by atoms with van der Waals surface area (Å²) in [5.41, 5.74) is 2.50. The van der Waals surface area contributed by atoms with Crippen molar-refractivity contribution in [3.63, 3.8) is 0 Å². The highest BCUT2D eigenvalue weighted by molar-refractivity contribution is 6.02. The first kappa shape index (κ1) is 35.7. The van der Waals surface area contributed by atoms with Crippen LogP contribution >= 0.6 is 0 Å². The predicted octanol–water partition coefficient (Wildman–Crippen LogP) is 5.66. The highest BCUT2D eigenvalue weighted by Gasteiger charge is 2.30. The summed E-state index contributed by atoms with van der Waals surface area (Å²) < 4.78 is 18.0. The van der Waals surface area contributed by atoms with Crippen molar-refractivity contribution in [3.8, 4) is 11.5 Å². The Hall–Kier alpha value is -4.19. The number of amides is 3. The molecule has 1 aromatic heterocycles. The van der Waals surface area contributed by atoms with Crippen molar-refractivity contribution >= 4 is 23.3 Å². The van der Waals surface area contributed by atoms with E-state index >= 15 is 0 Å². The topological polar surface area (TPSA) is 125 Å². The normalized spacial score (nSPS) is 20.0. The summed E-state index contributed by atoms with van der Waals surface area (Å²) in [5, 5.41) is 15.9. The summed E-state index contributed by atoms with van der Waals surface area (Å²) in [5.74, 6) is 0.783. The van der Waals surface area contributed by atoms with Crippen LogP contribution < -0.4 is 20.1 Å². The average Bonchev–Trinajstić information content (AvgIpc) is 3.06. The number of carbonyl (C=O) groups is 2. The van der Waals surface area contributed by atoms with Crippen molar-refractivity contribution in [2.24, 2.45) is 5.92 Å². The Kier molecular flexibility index (Phi) is 13.4. The molecule has 1 aliphatic heterocycles. The second-order valence-corrected chi connectivity index (χ2v) is 12.4. The van der Waals surface area contributed by atoms with Gasteiger partial charge < -0.3 is 34.9 Å². The maximum atomic E-state index is 14.4. The molecule has 2 aromatic carbocycles. The lowest BCUT2D eigenvalue weighted by Crippen LogP contribution is -2.47. The van der Waals surface area contributed by atoms with Crippen LogP contribution in [-0.4, -0.2) is 90.5 Å². The molecule has 3 aromatic rings. The summed E-state index contributed by atoms with van der Waals surface area (Å²) >= 11 is 0. The largest absolute Gasteiger partial charge is 0.497 e. The van der Waals surface area contributed by atoms with Gasteiger partial charge in [0.05, 0.1) is 37.5 Å². The molecule has 3 N–H and O–H groups in total. The van der Waals surface area contributed by atoms with E-state index in [1.54, 1.807) is 66.9 Å². The molecule has 2 heterocycles. The number of hydrogen-bond donors (Lipinski definition) is 3. The lowest BCUT2D eigenvalue weighted by atomic mass is 10.0. The van der Waals surface area contributed by atoms with Gasteiger partial charge in [0.2, 0.25) is 0 Å². The molecule has 4 rings (SSSR count). The zero-order valence-electron chi connectivity index (χ0n) is 28.1. The van der Waals surface area contributed by atoms with Gasteiger partial charge in [-0.3, -0.25) is 14.7 Å². The van der Waals surface area contributed by atoms with Crippen LogP contribution in [0.1, 0.15) is 56.0 Å². The van der Waals surface area contributed by atoms with E-state index in [9.17, 15) is 14.7 Å². The maximum absolute atomic E-state index is 14.4. The fraction of sp³-hybridized carbons (Fsp3) is 0.472. The third kappa shape index (κ3) is 10.7. The fourth-order valence-corrected chi connectivity index (χ4v) is 5.60. The van der Waals surface area contributed by atoms with Gasteiger partial charge in [0.25, 0.3) is 5.91 Å². The molecule has 3 amide bonds. The van der Waals surface area contributed by atoms with E-state index in [0.717, 1.165) is 31.4 Å². The summed E-state index contributed by atoms with van der Waals surface area (Å²) in [7, 11) is 3.64. The third-order valence-corrected chi connectivity index (χ3v) is 8.35. The lowest BCUT2D eigenvalue weighted by molar-refractivity contribution is -0.0177. The van der Waals surface area contributed by atoms with Gasteiger partial charge >= 0.3 is 6.03 Å². The number of nitrogens with zero attached hydrogens (tertiary/aromatic N) is 3. The number of urea groups is 1. The first-order valence-electron chi connectivity index (χ1n) is 16.3. The molecule has 0 unspecified atom stereocenters. The number of aliphatic hydroxyl groups is 1. The first-order valence-corrected chi connectivity index (χ1v) is 16.3. The number of benzene rings is 2. The minimum absolute atomic E-state index is 0.0457. The van der Waals surface area contributed by atoms with Gasteiger partial charge in [-0.05, 0) is 100 Å². The zero-order valence-corrected chi connectivity index (χ0v) is 28.1. The summed E-state index contributed by atoms with van der Waals surface area (Å²) in [6, 6.07) is 15.2. The number of nitrogens with one attached hydrogen (secondary N) is 2. The molecule has 0 saturated carbocycles. The number of pyridine rings is 1. The van der Waals surface area contributed by atoms with Gasteiger partial charge in [-0.25, -0.2) is 4.79 Å². The van der Waals surface area contributed by atoms with E-state index in [1.165, 1.54) is 0 Å².